The van der Waals surface area contributed by atoms with Crippen LogP contribution in [0.15, 0.2) is 54.7 Å². The molecule has 0 saturated carbocycles. The van der Waals surface area contributed by atoms with Crippen LogP contribution in [0.25, 0.3) is 0 Å². The summed E-state index contributed by atoms with van der Waals surface area (Å²) in [6.07, 6.45) is 1.09. The molecule has 0 amide bonds. The first-order valence-electron chi connectivity index (χ1n) is 11.0. The zero-order chi connectivity index (χ0) is 25.6. The number of rotatable bonds is 10. The van der Waals surface area contributed by atoms with E-state index in [9.17, 15) is 4.39 Å². The Labute approximate surface area is 209 Å². The van der Waals surface area contributed by atoms with Crippen LogP contribution in [0.2, 0.25) is 0 Å². The van der Waals surface area contributed by atoms with E-state index in [0.717, 1.165) is 6.20 Å². The van der Waals surface area contributed by atoms with Crippen LogP contribution in [0.3, 0.4) is 0 Å². The predicted molar refractivity (Wildman–Crippen MR) is 128 cm³/mol. The van der Waals surface area contributed by atoms with Crippen molar-refractivity contribution in [2.24, 2.45) is 14.1 Å². The Bertz CT molecular complexity index is 1470. The highest BCUT2D eigenvalue weighted by Gasteiger charge is 2.09. The Morgan fingerprint density at radius 3 is 1.76 bits per heavy atom. The number of tetrazole rings is 2. The van der Waals surface area contributed by atoms with Gasteiger partial charge in [0.05, 0.1) is 6.20 Å². The number of halogens is 1. The average Bonchev–Trinajstić information content (AvgIpc) is 3.52. The average molecular weight is 504 g/mol. The number of anilines is 4. The monoisotopic (exact) mass is 504 g/mol. The zero-order valence-corrected chi connectivity index (χ0v) is 19.8. The van der Waals surface area contributed by atoms with E-state index >= 15 is 0 Å². The number of hydrogen-bond acceptors (Lipinski definition) is 12. The number of aromatic nitrogens is 10. The van der Waals surface area contributed by atoms with E-state index in [1.54, 1.807) is 62.6 Å². The van der Waals surface area contributed by atoms with Gasteiger partial charge in [-0.15, -0.1) is 10.2 Å². The second-order valence-electron chi connectivity index (χ2n) is 7.70. The molecule has 15 heteroatoms. The molecule has 0 saturated heterocycles. The van der Waals surface area contributed by atoms with Crippen molar-refractivity contribution in [1.82, 2.24) is 50.4 Å². The molecule has 0 aliphatic carbocycles. The Balaban J connectivity index is 1.18. The maximum Gasteiger partial charge on any atom is 0.229 e. The summed E-state index contributed by atoms with van der Waals surface area (Å²) in [7, 11) is 3.47. The molecular formula is C22H21FN12O2. The number of nitrogens with one attached hydrogen (secondary N) is 2. The zero-order valence-electron chi connectivity index (χ0n) is 19.8. The summed E-state index contributed by atoms with van der Waals surface area (Å²) >= 11 is 0. The van der Waals surface area contributed by atoms with Gasteiger partial charge in [0.2, 0.25) is 5.95 Å². The van der Waals surface area contributed by atoms with Crippen LogP contribution in [0.4, 0.5) is 27.5 Å². The van der Waals surface area contributed by atoms with Gasteiger partial charge in [0, 0.05) is 25.5 Å². The van der Waals surface area contributed by atoms with Crippen LogP contribution in [-0.4, -0.2) is 50.4 Å². The molecule has 2 aromatic carbocycles. The number of benzene rings is 2. The highest BCUT2D eigenvalue weighted by Crippen LogP contribution is 2.24. The summed E-state index contributed by atoms with van der Waals surface area (Å²) in [5, 5.41) is 28.4. The summed E-state index contributed by atoms with van der Waals surface area (Å²) < 4.78 is 28.8. The van der Waals surface area contributed by atoms with Gasteiger partial charge in [-0.25, -0.2) is 18.7 Å². The van der Waals surface area contributed by atoms with Crippen LogP contribution in [0, 0.1) is 5.82 Å². The molecule has 0 bridgehead atoms. The lowest BCUT2D eigenvalue weighted by molar-refractivity contribution is 0.289. The van der Waals surface area contributed by atoms with Gasteiger partial charge >= 0.3 is 0 Å². The van der Waals surface area contributed by atoms with Crippen LogP contribution >= 0.6 is 0 Å². The molecule has 0 aliphatic heterocycles. The summed E-state index contributed by atoms with van der Waals surface area (Å²) in [5.74, 6) is 2.09. The summed E-state index contributed by atoms with van der Waals surface area (Å²) in [4.78, 5) is 8.26. The molecule has 0 atom stereocenters. The van der Waals surface area contributed by atoms with E-state index in [-0.39, 0.29) is 25.0 Å². The lowest BCUT2D eigenvalue weighted by atomic mass is 10.3. The van der Waals surface area contributed by atoms with E-state index < -0.39 is 5.82 Å². The molecule has 3 aromatic heterocycles. The highest BCUT2D eigenvalue weighted by atomic mass is 19.1. The van der Waals surface area contributed by atoms with Crippen LogP contribution in [0.5, 0.6) is 11.5 Å². The van der Waals surface area contributed by atoms with Crippen LogP contribution in [-0.2, 0) is 27.3 Å². The second-order valence-corrected chi connectivity index (χ2v) is 7.70. The summed E-state index contributed by atoms with van der Waals surface area (Å²) in [5.41, 5.74) is 1.32. The Hall–Kier alpha value is -5.21. The third-order valence-corrected chi connectivity index (χ3v) is 5.12. The molecule has 37 heavy (non-hydrogen) atoms. The molecule has 2 N–H and O–H groups in total. The number of hydrogen-bond donors (Lipinski definition) is 2. The van der Waals surface area contributed by atoms with Gasteiger partial charge in [0.25, 0.3) is 0 Å². The fraction of sp³-hybridized carbons (Fsp3) is 0.182. The van der Waals surface area contributed by atoms with Crippen LogP contribution < -0.4 is 20.1 Å². The smallest absolute Gasteiger partial charge is 0.229 e. The molecule has 0 aliphatic rings. The van der Waals surface area contributed by atoms with Gasteiger partial charge in [-0.05, 0) is 69.4 Å². The first kappa shape index (κ1) is 23.5. The van der Waals surface area contributed by atoms with Gasteiger partial charge in [-0.3, -0.25) is 0 Å². The maximum absolute atomic E-state index is 14.4. The van der Waals surface area contributed by atoms with Gasteiger partial charge < -0.3 is 20.1 Å². The van der Waals surface area contributed by atoms with E-state index in [0.29, 0.717) is 34.5 Å². The molecular weight excluding hydrogens is 483 g/mol. The topological polar surface area (TPSA) is 156 Å². The molecule has 0 fully saturated rings. The van der Waals surface area contributed by atoms with E-state index in [4.69, 9.17) is 9.47 Å². The minimum Gasteiger partial charge on any atom is -0.486 e. The van der Waals surface area contributed by atoms with Gasteiger partial charge in [-0.1, -0.05) is 0 Å². The van der Waals surface area contributed by atoms with Crippen molar-refractivity contribution in [3.8, 4) is 11.5 Å². The molecule has 5 rings (SSSR count). The SMILES string of the molecule is Cn1nnnc1COc1ccc(Nc2ncc(F)c(Nc3ccc(OCc4nnnn4C)cc3)n2)cc1. The van der Waals surface area contributed by atoms with Gasteiger partial charge in [0.15, 0.2) is 23.3 Å². The van der Waals surface area contributed by atoms with Crippen molar-refractivity contribution >= 4 is 23.1 Å². The van der Waals surface area contributed by atoms with Crippen molar-refractivity contribution in [2.45, 2.75) is 13.2 Å². The maximum atomic E-state index is 14.4. The Kier molecular flexibility index (Phi) is 6.74. The van der Waals surface area contributed by atoms with Crippen LogP contribution in [0.1, 0.15) is 11.6 Å². The number of aryl methyl sites for hydroxylation is 2. The molecule has 14 nitrogen and oxygen atoms in total. The minimum absolute atomic E-state index is 0.0218. The molecule has 0 spiro atoms. The van der Waals surface area contributed by atoms with Crippen molar-refractivity contribution in [3.63, 3.8) is 0 Å². The predicted octanol–water partition coefficient (Wildman–Crippen LogP) is 2.31. The standard InChI is InChI=1S/C22H21FN12O2/c1-34-19(28-30-32-34)12-36-16-7-3-14(4-8-16)25-21-18(23)11-24-22(27-21)26-15-5-9-17(10-6-15)37-13-20-29-31-33-35(20)2/h3-11H,12-13H2,1-2H3,(H2,24,25,26,27). The van der Waals surface area contributed by atoms with Gasteiger partial charge in [-0.2, -0.15) is 4.98 Å². The summed E-state index contributed by atoms with van der Waals surface area (Å²) in [6, 6.07) is 14.1. The van der Waals surface area contributed by atoms with Crippen molar-refractivity contribution in [3.05, 3.63) is 72.2 Å². The number of nitrogens with zero attached hydrogens (tertiary/aromatic N) is 10. The largest absolute Gasteiger partial charge is 0.486 e. The normalized spacial score (nSPS) is 10.8. The fourth-order valence-corrected chi connectivity index (χ4v) is 3.09. The van der Waals surface area contributed by atoms with Gasteiger partial charge in [0.1, 0.15) is 24.7 Å². The van der Waals surface area contributed by atoms with E-state index in [2.05, 4.69) is 51.7 Å². The molecule has 0 unspecified atom stereocenters. The van der Waals surface area contributed by atoms with E-state index in [1.807, 2.05) is 0 Å². The fourth-order valence-electron chi connectivity index (χ4n) is 3.09. The first-order valence-corrected chi connectivity index (χ1v) is 11.0. The van der Waals surface area contributed by atoms with E-state index in [1.165, 1.54) is 9.36 Å². The van der Waals surface area contributed by atoms with Crippen molar-refractivity contribution < 1.29 is 13.9 Å². The van der Waals surface area contributed by atoms with Crippen molar-refractivity contribution in [2.75, 3.05) is 10.6 Å². The number of ether oxygens (including phenoxy) is 2. The Morgan fingerprint density at radius 2 is 1.27 bits per heavy atom. The highest BCUT2D eigenvalue weighted by molar-refractivity contribution is 5.60. The quantitative estimate of drug-likeness (QED) is 0.287. The first-order chi connectivity index (χ1) is 18.0. The third-order valence-electron chi connectivity index (χ3n) is 5.12. The van der Waals surface area contributed by atoms with Crippen molar-refractivity contribution in [1.29, 1.82) is 0 Å². The summed E-state index contributed by atoms with van der Waals surface area (Å²) in [6.45, 7) is 0.455. The molecule has 188 valence electrons. The Morgan fingerprint density at radius 1 is 0.757 bits per heavy atom. The molecule has 5 aromatic rings. The third kappa shape index (κ3) is 5.90. The lowest BCUT2D eigenvalue weighted by Crippen LogP contribution is -2.05. The minimum atomic E-state index is -0.595. The lowest BCUT2D eigenvalue weighted by Gasteiger charge is -2.11. The molecule has 0 radical (unpaired) electrons. The second kappa shape index (κ2) is 10.6. The molecule has 3 heterocycles.